The first kappa shape index (κ1) is 16.7. The van der Waals surface area contributed by atoms with Crippen LogP contribution in [0.1, 0.15) is 33.6 Å². The summed E-state index contributed by atoms with van der Waals surface area (Å²) in [5, 5.41) is -0.515. The average molecular weight is 292 g/mol. The van der Waals surface area contributed by atoms with Crippen LogP contribution < -0.4 is 0 Å². The van der Waals surface area contributed by atoms with Gasteiger partial charge in [0.1, 0.15) is 0 Å². The van der Waals surface area contributed by atoms with Crippen molar-refractivity contribution in [1.82, 2.24) is 0 Å². The number of hydrogen-bond donors (Lipinski definition) is 0. The molecule has 0 saturated carbocycles. The number of hydrogen-bond acceptors (Lipinski definition) is 2. The lowest BCUT2D eigenvalue weighted by Gasteiger charge is -2.08. The molecule has 0 radical (unpaired) electrons. The first-order chi connectivity index (χ1) is 9.42. The molecule has 0 aromatic carbocycles. The van der Waals surface area contributed by atoms with Crippen molar-refractivity contribution in [3.63, 3.8) is 0 Å². The summed E-state index contributed by atoms with van der Waals surface area (Å²) in [7, 11) is -3.15. The Morgan fingerprint density at radius 2 is 1.60 bits per heavy atom. The zero-order valence-electron chi connectivity index (χ0n) is 12.5. The fourth-order valence-electron chi connectivity index (χ4n) is 1.84. The van der Waals surface area contributed by atoms with Crippen molar-refractivity contribution in [3.8, 4) is 0 Å². The van der Waals surface area contributed by atoms with E-state index in [9.17, 15) is 8.42 Å². The Hall–Kier alpha value is -1.35. The van der Waals surface area contributed by atoms with E-state index in [1.54, 1.807) is 24.3 Å². The topological polar surface area (TPSA) is 34.1 Å². The number of allylic oxidation sites excluding steroid dienone is 7. The SMILES string of the molecule is CC(C)=CCC/C(C)=C/CS(=O)(=O)C1C=CC=CC=C1. The molecule has 3 heteroatoms. The fourth-order valence-corrected chi connectivity index (χ4v) is 3.24. The van der Waals surface area contributed by atoms with Gasteiger partial charge in [-0.15, -0.1) is 0 Å². The lowest BCUT2D eigenvalue weighted by molar-refractivity contribution is 0.597. The maximum atomic E-state index is 12.2. The standard InChI is InChI=1S/C17H24O2S/c1-15(2)9-8-10-16(3)13-14-20(18,19)17-11-6-4-5-7-12-17/h4-7,9,11-13,17H,8,10,14H2,1-3H3/b16-13+. The molecule has 110 valence electrons. The van der Waals surface area contributed by atoms with Crippen LogP contribution in [-0.2, 0) is 9.84 Å². The third-order valence-electron chi connectivity index (χ3n) is 3.10. The lowest BCUT2D eigenvalue weighted by Crippen LogP contribution is -2.19. The molecule has 0 saturated heterocycles. The molecule has 20 heavy (non-hydrogen) atoms. The van der Waals surface area contributed by atoms with Gasteiger partial charge in [-0.1, -0.05) is 59.8 Å². The summed E-state index contributed by atoms with van der Waals surface area (Å²) in [6.07, 6.45) is 16.6. The first-order valence-electron chi connectivity index (χ1n) is 6.94. The molecule has 1 rings (SSSR count). The first-order valence-corrected chi connectivity index (χ1v) is 8.65. The second-order valence-corrected chi connectivity index (χ2v) is 7.52. The summed E-state index contributed by atoms with van der Waals surface area (Å²) < 4.78 is 24.5. The normalized spacial score (nSPS) is 16.2. The van der Waals surface area contributed by atoms with E-state index in [-0.39, 0.29) is 5.75 Å². The summed E-state index contributed by atoms with van der Waals surface area (Å²) in [5.74, 6) is 0.104. The molecule has 2 nitrogen and oxygen atoms in total. The van der Waals surface area contributed by atoms with Crippen molar-refractivity contribution in [2.24, 2.45) is 0 Å². The van der Waals surface area contributed by atoms with Crippen LogP contribution in [0.25, 0.3) is 0 Å². The van der Waals surface area contributed by atoms with Gasteiger partial charge in [-0.2, -0.15) is 0 Å². The van der Waals surface area contributed by atoms with E-state index >= 15 is 0 Å². The van der Waals surface area contributed by atoms with Crippen molar-refractivity contribution in [2.75, 3.05) is 5.75 Å². The van der Waals surface area contributed by atoms with Crippen LogP contribution in [0.2, 0.25) is 0 Å². The number of rotatable bonds is 6. The molecule has 0 spiro atoms. The predicted molar refractivity (Wildman–Crippen MR) is 87.4 cm³/mol. The van der Waals surface area contributed by atoms with Crippen molar-refractivity contribution in [2.45, 2.75) is 38.9 Å². The molecular formula is C17H24O2S. The highest BCUT2D eigenvalue weighted by Crippen LogP contribution is 2.12. The summed E-state index contributed by atoms with van der Waals surface area (Å²) in [6.45, 7) is 6.14. The van der Waals surface area contributed by atoms with Gasteiger partial charge in [0.25, 0.3) is 0 Å². The largest absolute Gasteiger partial charge is 0.228 e. The molecule has 0 aromatic heterocycles. The highest BCUT2D eigenvalue weighted by atomic mass is 32.2. The smallest absolute Gasteiger partial charge is 0.163 e. The number of sulfone groups is 1. The van der Waals surface area contributed by atoms with Crippen LogP contribution in [0.15, 0.2) is 59.8 Å². The van der Waals surface area contributed by atoms with Crippen molar-refractivity contribution in [1.29, 1.82) is 0 Å². The minimum Gasteiger partial charge on any atom is -0.228 e. The Morgan fingerprint density at radius 3 is 2.15 bits per heavy atom. The van der Waals surface area contributed by atoms with Crippen molar-refractivity contribution >= 4 is 9.84 Å². The maximum Gasteiger partial charge on any atom is 0.163 e. The average Bonchev–Trinajstić information content (AvgIpc) is 2.65. The van der Waals surface area contributed by atoms with E-state index < -0.39 is 15.1 Å². The summed E-state index contributed by atoms with van der Waals surface area (Å²) in [6, 6.07) is 0. The highest BCUT2D eigenvalue weighted by molar-refractivity contribution is 7.92. The molecule has 1 aliphatic carbocycles. The predicted octanol–water partition coefficient (Wildman–Crippen LogP) is 4.14. The van der Waals surface area contributed by atoms with E-state index in [2.05, 4.69) is 19.9 Å². The molecule has 0 bridgehead atoms. The van der Waals surface area contributed by atoms with E-state index in [4.69, 9.17) is 0 Å². The van der Waals surface area contributed by atoms with Crippen LogP contribution >= 0.6 is 0 Å². The van der Waals surface area contributed by atoms with Crippen LogP contribution in [0.3, 0.4) is 0 Å². The summed E-state index contributed by atoms with van der Waals surface area (Å²) >= 11 is 0. The highest BCUT2D eigenvalue weighted by Gasteiger charge is 2.19. The van der Waals surface area contributed by atoms with Gasteiger partial charge >= 0.3 is 0 Å². The lowest BCUT2D eigenvalue weighted by atomic mass is 10.1. The van der Waals surface area contributed by atoms with Gasteiger partial charge in [-0.3, -0.25) is 0 Å². The molecular weight excluding hydrogens is 268 g/mol. The second-order valence-electron chi connectivity index (χ2n) is 5.32. The molecule has 0 atom stereocenters. The van der Waals surface area contributed by atoms with Gasteiger partial charge in [-0.05, 0) is 33.6 Å². The van der Waals surface area contributed by atoms with E-state index in [1.165, 1.54) is 5.57 Å². The van der Waals surface area contributed by atoms with E-state index in [1.807, 2.05) is 25.2 Å². The Bertz CT molecular complexity index is 538. The fraction of sp³-hybridized carbons (Fsp3) is 0.412. The zero-order chi connectivity index (χ0) is 15.0. The van der Waals surface area contributed by atoms with Crippen LogP contribution in [-0.4, -0.2) is 19.4 Å². The molecule has 0 aliphatic heterocycles. The van der Waals surface area contributed by atoms with Crippen LogP contribution in [0, 0.1) is 0 Å². The molecule has 0 fully saturated rings. The zero-order valence-corrected chi connectivity index (χ0v) is 13.4. The van der Waals surface area contributed by atoms with Gasteiger partial charge in [0, 0.05) is 0 Å². The molecule has 0 unspecified atom stereocenters. The Kier molecular flexibility index (Phi) is 6.73. The van der Waals surface area contributed by atoms with E-state index in [0.29, 0.717) is 0 Å². The molecule has 0 N–H and O–H groups in total. The Balaban J connectivity index is 2.60. The second kappa shape index (κ2) is 8.05. The molecule has 1 aliphatic rings. The quantitative estimate of drug-likeness (QED) is 0.689. The summed E-state index contributed by atoms with van der Waals surface area (Å²) in [4.78, 5) is 0. The van der Waals surface area contributed by atoms with Crippen LogP contribution in [0.4, 0.5) is 0 Å². The minimum absolute atomic E-state index is 0.104. The third kappa shape index (κ3) is 6.20. The maximum absolute atomic E-state index is 12.2. The van der Waals surface area contributed by atoms with E-state index in [0.717, 1.165) is 18.4 Å². The summed E-state index contributed by atoms with van der Waals surface area (Å²) in [5.41, 5.74) is 2.43. The molecule has 0 aromatic rings. The monoisotopic (exact) mass is 292 g/mol. The molecule has 0 amide bonds. The van der Waals surface area contributed by atoms with Crippen LogP contribution in [0.5, 0.6) is 0 Å². The Morgan fingerprint density at radius 1 is 1.00 bits per heavy atom. The van der Waals surface area contributed by atoms with Gasteiger partial charge in [0.05, 0.1) is 11.0 Å². The van der Waals surface area contributed by atoms with Crippen molar-refractivity contribution < 1.29 is 8.42 Å². The Labute approximate surface area is 123 Å². The van der Waals surface area contributed by atoms with Gasteiger partial charge in [-0.25, -0.2) is 8.42 Å². The third-order valence-corrected chi connectivity index (χ3v) is 4.88. The van der Waals surface area contributed by atoms with Gasteiger partial charge < -0.3 is 0 Å². The molecule has 0 heterocycles. The van der Waals surface area contributed by atoms with Gasteiger partial charge in [0.2, 0.25) is 0 Å². The van der Waals surface area contributed by atoms with Crippen molar-refractivity contribution in [3.05, 3.63) is 59.8 Å². The minimum atomic E-state index is -3.15. The van der Waals surface area contributed by atoms with Gasteiger partial charge in [0.15, 0.2) is 9.84 Å².